The predicted molar refractivity (Wildman–Crippen MR) is 96.7 cm³/mol. The number of anilines is 2. The van der Waals surface area contributed by atoms with Crippen LogP contribution in [0.25, 0.3) is 0 Å². The summed E-state index contributed by atoms with van der Waals surface area (Å²) in [6, 6.07) is 14.6. The second-order valence-corrected chi connectivity index (χ2v) is 5.30. The van der Waals surface area contributed by atoms with Gasteiger partial charge in [-0.05, 0) is 42.0 Å². The molecule has 2 heterocycles. The number of rotatable bonds is 6. The molecule has 0 aliphatic carbocycles. The number of ether oxygens (including phenoxy) is 1. The third-order valence-electron chi connectivity index (χ3n) is 3.60. The number of hydrogen-bond donors (Lipinski definition) is 2. The Morgan fingerprint density at radius 1 is 1.08 bits per heavy atom. The van der Waals surface area contributed by atoms with Crippen LogP contribution in [-0.2, 0) is 6.54 Å². The van der Waals surface area contributed by atoms with E-state index in [2.05, 4.69) is 20.6 Å². The van der Waals surface area contributed by atoms with Crippen molar-refractivity contribution in [1.82, 2.24) is 9.97 Å². The second-order valence-electron chi connectivity index (χ2n) is 5.30. The number of pyridine rings is 2. The number of nitrogens with zero attached hydrogens (tertiary/aromatic N) is 2. The average Bonchev–Trinajstić information content (AvgIpc) is 2.68. The third kappa shape index (κ3) is 4.32. The van der Waals surface area contributed by atoms with E-state index in [4.69, 9.17) is 4.74 Å². The lowest BCUT2D eigenvalue weighted by Crippen LogP contribution is -2.14. The van der Waals surface area contributed by atoms with Gasteiger partial charge in [0.1, 0.15) is 11.4 Å². The topological polar surface area (TPSA) is 76.1 Å². The van der Waals surface area contributed by atoms with Crippen LogP contribution in [-0.4, -0.2) is 23.0 Å². The zero-order valence-corrected chi connectivity index (χ0v) is 13.8. The third-order valence-corrected chi connectivity index (χ3v) is 3.60. The smallest absolute Gasteiger partial charge is 0.274 e. The quantitative estimate of drug-likeness (QED) is 0.723. The standard InChI is InChI=1S/C19H18N4O2/c1-25-18-5-3-2-4-16(18)23-19(24)17-7-6-15(13-22-17)21-12-14-8-10-20-11-9-14/h2-11,13,21H,12H2,1H3,(H,23,24). The zero-order valence-electron chi connectivity index (χ0n) is 13.8. The van der Waals surface area contributed by atoms with Crippen molar-refractivity contribution < 1.29 is 9.53 Å². The number of amides is 1. The summed E-state index contributed by atoms with van der Waals surface area (Å²) in [4.78, 5) is 20.5. The van der Waals surface area contributed by atoms with Crippen LogP contribution in [0.5, 0.6) is 5.75 Å². The van der Waals surface area contributed by atoms with Crippen molar-refractivity contribution in [3.63, 3.8) is 0 Å². The highest BCUT2D eigenvalue weighted by Crippen LogP contribution is 2.23. The van der Waals surface area contributed by atoms with E-state index >= 15 is 0 Å². The Bertz CT molecular complexity index is 836. The molecule has 1 aromatic carbocycles. The molecule has 0 bridgehead atoms. The largest absolute Gasteiger partial charge is 0.495 e. The molecule has 0 fully saturated rings. The number of hydrogen-bond acceptors (Lipinski definition) is 5. The van der Waals surface area contributed by atoms with Crippen LogP contribution in [0.3, 0.4) is 0 Å². The molecule has 3 aromatic rings. The van der Waals surface area contributed by atoms with Crippen molar-refractivity contribution in [1.29, 1.82) is 0 Å². The molecule has 6 heteroatoms. The maximum absolute atomic E-state index is 12.3. The van der Waals surface area contributed by atoms with Crippen LogP contribution in [0.4, 0.5) is 11.4 Å². The fraction of sp³-hybridized carbons (Fsp3) is 0.105. The first-order valence-corrected chi connectivity index (χ1v) is 7.79. The minimum Gasteiger partial charge on any atom is -0.495 e. The van der Waals surface area contributed by atoms with Crippen LogP contribution in [0.15, 0.2) is 67.1 Å². The Balaban J connectivity index is 1.62. The number of methoxy groups -OCH3 is 1. The first-order valence-electron chi connectivity index (χ1n) is 7.79. The van der Waals surface area contributed by atoms with Crippen molar-refractivity contribution in [2.75, 3.05) is 17.7 Å². The Morgan fingerprint density at radius 2 is 1.88 bits per heavy atom. The lowest BCUT2D eigenvalue weighted by atomic mass is 10.2. The fourth-order valence-electron chi connectivity index (χ4n) is 2.27. The molecule has 0 aliphatic rings. The highest BCUT2D eigenvalue weighted by molar-refractivity contribution is 6.03. The van der Waals surface area contributed by atoms with Crippen molar-refractivity contribution >= 4 is 17.3 Å². The van der Waals surface area contributed by atoms with Gasteiger partial charge in [-0.25, -0.2) is 4.98 Å². The summed E-state index contributed by atoms with van der Waals surface area (Å²) in [6.45, 7) is 0.664. The fourth-order valence-corrected chi connectivity index (χ4v) is 2.27. The number of nitrogens with one attached hydrogen (secondary N) is 2. The van der Waals surface area contributed by atoms with E-state index in [0.717, 1.165) is 11.3 Å². The molecule has 0 aliphatic heterocycles. The SMILES string of the molecule is COc1ccccc1NC(=O)c1ccc(NCc2ccncc2)cn1. The molecule has 0 saturated heterocycles. The minimum absolute atomic E-state index is 0.287. The minimum atomic E-state index is -0.287. The Labute approximate surface area is 145 Å². The molecular formula is C19H18N4O2. The monoisotopic (exact) mass is 334 g/mol. The van der Waals surface area contributed by atoms with Gasteiger partial charge in [-0.1, -0.05) is 12.1 Å². The van der Waals surface area contributed by atoms with E-state index in [9.17, 15) is 4.79 Å². The molecule has 6 nitrogen and oxygen atoms in total. The highest BCUT2D eigenvalue weighted by Gasteiger charge is 2.10. The van der Waals surface area contributed by atoms with E-state index in [1.54, 1.807) is 43.9 Å². The van der Waals surface area contributed by atoms with Crippen LogP contribution in [0.2, 0.25) is 0 Å². The van der Waals surface area contributed by atoms with Gasteiger partial charge in [-0.15, -0.1) is 0 Å². The van der Waals surface area contributed by atoms with Gasteiger partial charge in [-0.2, -0.15) is 0 Å². The summed E-state index contributed by atoms with van der Waals surface area (Å²) >= 11 is 0. The number of para-hydroxylation sites is 2. The van der Waals surface area contributed by atoms with Crippen LogP contribution >= 0.6 is 0 Å². The number of benzene rings is 1. The molecule has 0 spiro atoms. The molecular weight excluding hydrogens is 316 g/mol. The van der Waals surface area contributed by atoms with Gasteiger partial charge in [0.2, 0.25) is 0 Å². The van der Waals surface area contributed by atoms with Gasteiger partial charge in [0.05, 0.1) is 24.7 Å². The molecule has 0 unspecified atom stereocenters. The lowest BCUT2D eigenvalue weighted by Gasteiger charge is -2.10. The first-order chi connectivity index (χ1) is 12.3. The molecule has 1 amide bonds. The molecule has 0 saturated carbocycles. The molecule has 2 N–H and O–H groups in total. The number of carbonyl (C=O) groups excluding carboxylic acids is 1. The van der Waals surface area contributed by atoms with Crippen molar-refractivity contribution in [2.45, 2.75) is 6.54 Å². The molecule has 126 valence electrons. The predicted octanol–water partition coefficient (Wildman–Crippen LogP) is 3.35. The number of carbonyl (C=O) groups is 1. The van der Waals surface area contributed by atoms with Crippen molar-refractivity contribution in [3.8, 4) is 5.75 Å². The van der Waals surface area contributed by atoms with Crippen molar-refractivity contribution in [2.24, 2.45) is 0 Å². The average molecular weight is 334 g/mol. The summed E-state index contributed by atoms with van der Waals surface area (Å²) in [5.41, 5.74) is 2.90. The van der Waals surface area contributed by atoms with E-state index in [-0.39, 0.29) is 5.91 Å². The maximum Gasteiger partial charge on any atom is 0.274 e. The highest BCUT2D eigenvalue weighted by atomic mass is 16.5. The van der Waals surface area contributed by atoms with Crippen molar-refractivity contribution in [3.05, 3.63) is 78.4 Å². The second kappa shape index (κ2) is 7.92. The molecule has 0 radical (unpaired) electrons. The van der Waals surface area contributed by atoms with Crippen LogP contribution in [0, 0.1) is 0 Å². The Morgan fingerprint density at radius 3 is 2.60 bits per heavy atom. The van der Waals surface area contributed by atoms with Gasteiger partial charge < -0.3 is 15.4 Å². The van der Waals surface area contributed by atoms with Gasteiger partial charge in [-0.3, -0.25) is 9.78 Å². The van der Waals surface area contributed by atoms with E-state index in [1.165, 1.54) is 0 Å². The molecule has 0 atom stereocenters. The van der Waals surface area contributed by atoms with Gasteiger partial charge in [0.15, 0.2) is 0 Å². The van der Waals surface area contributed by atoms with Gasteiger partial charge in [0, 0.05) is 18.9 Å². The summed E-state index contributed by atoms with van der Waals surface area (Å²) < 4.78 is 5.23. The summed E-state index contributed by atoms with van der Waals surface area (Å²) in [5.74, 6) is 0.316. The first kappa shape index (κ1) is 16.4. The normalized spacial score (nSPS) is 10.1. The Hall–Kier alpha value is -3.41. The summed E-state index contributed by atoms with van der Waals surface area (Å²) in [6.07, 6.45) is 5.14. The van der Waals surface area contributed by atoms with E-state index < -0.39 is 0 Å². The maximum atomic E-state index is 12.3. The Kier molecular flexibility index (Phi) is 5.21. The summed E-state index contributed by atoms with van der Waals surface area (Å²) in [5, 5.41) is 6.05. The van der Waals surface area contributed by atoms with Gasteiger partial charge >= 0.3 is 0 Å². The zero-order chi connectivity index (χ0) is 17.5. The van der Waals surface area contributed by atoms with Gasteiger partial charge in [0.25, 0.3) is 5.91 Å². The van der Waals surface area contributed by atoms with Crippen LogP contribution < -0.4 is 15.4 Å². The van der Waals surface area contributed by atoms with E-state index in [0.29, 0.717) is 23.7 Å². The molecule has 3 rings (SSSR count). The van der Waals surface area contributed by atoms with E-state index in [1.807, 2.05) is 30.3 Å². The molecule has 25 heavy (non-hydrogen) atoms. The number of aromatic nitrogens is 2. The lowest BCUT2D eigenvalue weighted by molar-refractivity contribution is 0.102. The summed E-state index contributed by atoms with van der Waals surface area (Å²) in [7, 11) is 1.56. The van der Waals surface area contributed by atoms with Crippen LogP contribution in [0.1, 0.15) is 16.1 Å². The molecule has 2 aromatic heterocycles.